The van der Waals surface area contributed by atoms with E-state index in [-0.39, 0.29) is 0 Å². The Bertz CT molecular complexity index is 258. The third-order valence-corrected chi connectivity index (χ3v) is 3.98. The van der Waals surface area contributed by atoms with Crippen LogP contribution in [0.25, 0.3) is 0 Å². The molecule has 0 aromatic heterocycles. The van der Waals surface area contributed by atoms with Gasteiger partial charge in [-0.3, -0.25) is 0 Å². The largest absolute Gasteiger partial charge is 0.316 e. The minimum Gasteiger partial charge on any atom is -0.316 e. The van der Waals surface area contributed by atoms with E-state index >= 15 is 0 Å². The molecule has 9 heavy (non-hydrogen) atoms. The molecule has 0 amide bonds. The molecule has 1 atom stereocenters. The maximum Gasteiger partial charge on any atom is 0.260 e. The first-order valence-electron chi connectivity index (χ1n) is 2.21. The van der Waals surface area contributed by atoms with Crippen molar-refractivity contribution >= 4 is 18.9 Å². The minimum atomic E-state index is -2.02. The van der Waals surface area contributed by atoms with Crippen molar-refractivity contribution in [1.29, 1.82) is 0 Å². The van der Waals surface area contributed by atoms with Gasteiger partial charge < -0.3 is 5.43 Å². The number of rotatable bonds is 0. The molecule has 1 heterocycles. The molecule has 52 valence electrons. The first kappa shape index (κ1) is 6.79. The summed E-state index contributed by atoms with van der Waals surface area (Å²) in [6.07, 6.45) is 1.61. The normalized spacial score (nSPS) is 26.1. The maximum absolute atomic E-state index is 10.3. The fourth-order valence-corrected chi connectivity index (χ4v) is 2.39. The van der Waals surface area contributed by atoms with Gasteiger partial charge in [-0.15, -0.1) is 0 Å². The summed E-state index contributed by atoms with van der Waals surface area (Å²) in [5.74, 6) is 0. The molecule has 6 heteroatoms. The second-order valence-corrected chi connectivity index (χ2v) is 5.03. The number of hydrogen-bond donors (Lipinski definition) is 1. The molecule has 0 aliphatic carbocycles. The van der Waals surface area contributed by atoms with Crippen molar-refractivity contribution in [2.45, 2.75) is 0 Å². The molecule has 1 aliphatic rings. The second-order valence-electron chi connectivity index (χ2n) is 1.41. The molecule has 1 aliphatic heterocycles. The molecule has 0 aromatic rings. The van der Waals surface area contributed by atoms with Crippen LogP contribution in [-0.4, -0.2) is 19.9 Å². The molecule has 0 radical (unpaired) electrons. The highest BCUT2D eigenvalue weighted by Gasteiger charge is 2.06. The van der Waals surface area contributed by atoms with E-state index in [0.717, 1.165) is 0 Å². The molecule has 0 bridgehead atoms. The highest BCUT2D eigenvalue weighted by molar-refractivity contribution is 8.34. The molecule has 0 saturated carbocycles. The van der Waals surface area contributed by atoms with Gasteiger partial charge in [0.2, 0.25) is 0 Å². The van der Waals surface area contributed by atoms with Gasteiger partial charge in [0.05, 0.1) is 0 Å². The Kier molecular flexibility index (Phi) is 1.89. The summed E-state index contributed by atoms with van der Waals surface area (Å²) < 4.78 is 22.1. The lowest BCUT2D eigenvalue weighted by Gasteiger charge is -2.05. The molecule has 0 saturated heterocycles. The average Bonchev–Trinajstić information content (AvgIpc) is 2.13. The monoisotopic (exact) mass is 166 g/mol. The van der Waals surface area contributed by atoms with Gasteiger partial charge >= 0.3 is 0 Å². The van der Waals surface area contributed by atoms with Crippen LogP contribution in [0.4, 0.5) is 0 Å². The predicted molar refractivity (Wildman–Crippen MR) is 36.3 cm³/mol. The summed E-state index contributed by atoms with van der Waals surface area (Å²) >= 11 is 0. The van der Waals surface area contributed by atoms with Gasteiger partial charge in [-0.1, -0.05) is 0 Å². The van der Waals surface area contributed by atoms with Gasteiger partial charge in [0.15, 0.2) is 0 Å². The fourth-order valence-electron chi connectivity index (χ4n) is 0.473. The lowest BCUT2D eigenvalue weighted by atomic mass is 11.1. The molecular weight excluding hydrogens is 160 g/mol. The van der Waals surface area contributed by atoms with Crippen molar-refractivity contribution in [2.24, 2.45) is 0 Å². The van der Waals surface area contributed by atoms with Crippen molar-refractivity contribution in [1.82, 2.24) is 9.84 Å². The van der Waals surface area contributed by atoms with Crippen molar-refractivity contribution in [3.8, 4) is 0 Å². The predicted octanol–water partition coefficient (Wildman–Crippen LogP) is -0.765. The van der Waals surface area contributed by atoms with Gasteiger partial charge in [-0.05, 0) is 0 Å². The molecular formula is C3H6N2O2S2. The van der Waals surface area contributed by atoms with E-state index in [1.807, 2.05) is 0 Å². The summed E-state index contributed by atoms with van der Waals surface area (Å²) in [6.45, 7) is 0. The van der Waals surface area contributed by atoms with Gasteiger partial charge in [0.1, 0.15) is 0 Å². The second kappa shape index (κ2) is 2.51. The maximum atomic E-state index is 10.3. The summed E-state index contributed by atoms with van der Waals surface area (Å²) in [7, 11) is -1.10. The van der Waals surface area contributed by atoms with Crippen LogP contribution in [0.3, 0.4) is 0 Å². The Balaban J connectivity index is 3.11. The van der Waals surface area contributed by atoms with Gasteiger partial charge in [-0.2, -0.15) is 12.8 Å². The number of nitrogens with one attached hydrogen (secondary N) is 1. The lowest BCUT2D eigenvalue weighted by Crippen LogP contribution is -2.25. The number of hydrogen-bond acceptors (Lipinski definition) is 3. The molecule has 0 spiro atoms. The van der Waals surface area contributed by atoms with Crippen LogP contribution in [0.1, 0.15) is 0 Å². The smallest absolute Gasteiger partial charge is 0.260 e. The van der Waals surface area contributed by atoms with E-state index < -0.39 is 18.9 Å². The van der Waals surface area contributed by atoms with Crippen LogP contribution >= 0.6 is 0 Å². The van der Waals surface area contributed by atoms with Crippen molar-refractivity contribution < 1.29 is 8.42 Å². The zero-order chi connectivity index (χ0) is 6.85. The fraction of sp³-hybridized carbons (Fsp3) is 0.333. The minimum absolute atomic E-state index is 0.765. The summed E-state index contributed by atoms with van der Waals surface area (Å²) in [5.41, 5.74) is 2.72. The van der Waals surface area contributed by atoms with Crippen LogP contribution in [0, 0.1) is 0 Å². The van der Waals surface area contributed by atoms with E-state index in [4.69, 9.17) is 0 Å². The van der Waals surface area contributed by atoms with E-state index in [1.165, 1.54) is 4.41 Å². The molecule has 0 aromatic carbocycles. The van der Waals surface area contributed by atoms with Crippen LogP contribution in [-0.2, 0) is 18.9 Å². The van der Waals surface area contributed by atoms with Crippen LogP contribution in [0.15, 0.2) is 11.6 Å². The summed E-state index contributed by atoms with van der Waals surface area (Å²) in [4.78, 5) is 0. The number of nitrogens with zero attached hydrogens (tertiary/aromatic N) is 1. The average molecular weight is 166 g/mol. The Morgan fingerprint density at radius 3 is 2.56 bits per heavy atom. The highest BCUT2D eigenvalue weighted by atomic mass is 32.9. The van der Waals surface area contributed by atoms with E-state index in [2.05, 4.69) is 5.43 Å². The number of hydrazine groups is 1. The first-order valence-corrected chi connectivity index (χ1v) is 5.05. The Morgan fingerprint density at radius 1 is 1.67 bits per heavy atom. The van der Waals surface area contributed by atoms with Gasteiger partial charge in [-0.25, -0.2) is 0 Å². The standard InChI is InChI=1S/C3H6N2O2S2/c1-5-4-2-3-8(5)9(6)7/h2-4H,1H3. The zero-order valence-corrected chi connectivity index (χ0v) is 6.37. The topological polar surface area (TPSA) is 49.4 Å². The lowest BCUT2D eigenvalue weighted by molar-refractivity contribution is 0.501. The summed E-state index contributed by atoms with van der Waals surface area (Å²) in [6, 6.07) is 0. The quantitative estimate of drug-likeness (QED) is 0.513. The Hall–Kier alpha value is -0.330. The van der Waals surface area contributed by atoms with Crippen LogP contribution in [0.2, 0.25) is 0 Å². The SMILES string of the molecule is CN1NC=CS1=S(=O)=O. The van der Waals surface area contributed by atoms with Gasteiger partial charge in [0.25, 0.3) is 9.26 Å². The van der Waals surface area contributed by atoms with Crippen LogP contribution < -0.4 is 5.43 Å². The molecule has 1 unspecified atom stereocenters. The third kappa shape index (κ3) is 1.32. The molecule has 0 fully saturated rings. The first-order chi connectivity index (χ1) is 4.22. The van der Waals surface area contributed by atoms with E-state index in [1.54, 1.807) is 18.7 Å². The molecule has 4 nitrogen and oxygen atoms in total. The third-order valence-electron chi connectivity index (χ3n) is 0.850. The van der Waals surface area contributed by atoms with Crippen molar-refractivity contribution in [3.63, 3.8) is 0 Å². The Morgan fingerprint density at radius 2 is 2.33 bits per heavy atom. The Labute approximate surface area is 56.4 Å². The van der Waals surface area contributed by atoms with E-state index in [9.17, 15) is 8.42 Å². The van der Waals surface area contributed by atoms with Crippen LogP contribution in [0.5, 0.6) is 0 Å². The van der Waals surface area contributed by atoms with Gasteiger partial charge in [0, 0.05) is 28.3 Å². The molecule has 1 N–H and O–H groups in total. The zero-order valence-electron chi connectivity index (χ0n) is 4.73. The van der Waals surface area contributed by atoms with E-state index in [0.29, 0.717) is 0 Å². The van der Waals surface area contributed by atoms with Crippen molar-refractivity contribution in [2.75, 3.05) is 7.05 Å². The van der Waals surface area contributed by atoms with Crippen molar-refractivity contribution in [3.05, 3.63) is 11.6 Å². The summed E-state index contributed by atoms with van der Waals surface area (Å²) in [5, 5.41) is 1.60. The highest BCUT2D eigenvalue weighted by Crippen LogP contribution is 1.97. The molecule has 1 rings (SSSR count).